The molecule has 1 saturated heterocycles. The second-order valence-electron chi connectivity index (χ2n) is 5.56. The molecule has 3 heterocycles. The molecule has 2 aliphatic rings. The zero-order chi connectivity index (χ0) is 18.4. The maximum atomic E-state index is 13.0. The lowest BCUT2D eigenvalue weighted by molar-refractivity contribution is -0.122. The number of hydrogen-bond donors (Lipinski definition) is 0. The van der Waals surface area contributed by atoms with Gasteiger partial charge in [-0.3, -0.25) is 9.69 Å². The fourth-order valence-corrected chi connectivity index (χ4v) is 5.78. The molecule has 2 aliphatic heterocycles. The number of likely N-dealkylation sites (N-methyl/N-ethyl adjacent to an activating group) is 1. The third-order valence-electron chi connectivity index (χ3n) is 3.87. The molecule has 4 rings (SSSR count). The lowest BCUT2D eigenvalue weighted by atomic mass is 10.3. The highest BCUT2D eigenvalue weighted by atomic mass is 35.5. The van der Waals surface area contributed by atoms with Crippen LogP contribution in [-0.4, -0.2) is 39.8 Å². The molecule has 1 fully saturated rings. The monoisotopic (exact) mass is 423 g/mol. The number of anilines is 1. The summed E-state index contributed by atoms with van der Waals surface area (Å²) in [5.74, 6) is -0.0364. The number of amidine groups is 1. The number of benzene rings is 1. The molecule has 0 spiro atoms. The number of carbonyl (C=O) groups excluding carboxylic acids is 1. The van der Waals surface area contributed by atoms with Gasteiger partial charge in [-0.2, -0.15) is 4.99 Å². The molecule has 0 atom stereocenters. The minimum Gasteiger partial charge on any atom is -0.337 e. The van der Waals surface area contributed by atoms with Crippen LogP contribution in [0.4, 0.5) is 10.8 Å². The van der Waals surface area contributed by atoms with Crippen molar-refractivity contribution < 1.29 is 4.79 Å². The van der Waals surface area contributed by atoms with Gasteiger partial charge in [-0.1, -0.05) is 34.7 Å². The number of amides is 1. The molecule has 26 heavy (non-hydrogen) atoms. The van der Waals surface area contributed by atoms with Crippen LogP contribution >= 0.6 is 46.5 Å². The molecule has 0 saturated carbocycles. The van der Waals surface area contributed by atoms with Crippen LogP contribution in [0.5, 0.6) is 0 Å². The summed E-state index contributed by atoms with van der Waals surface area (Å²) in [7, 11) is 1.95. The van der Waals surface area contributed by atoms with Gasteiger partial charge in [-0.15, -0.1) is 10.2 Å². The molecular formula is C16H14ClN5OS3. The van der Waals surface area contributed by atoms with Crippen molar-refractivity contribution in [1.29, 1.82) is 0 Å². The number of thioether (sulfide) groups is 2. The molecule has 1 aromatic carbocycles. The minimum absolute atomic E-state index is 0.0364. The Hall–Kier alpha value is -1.55. The van der Waals surface area contributed by atoms with Crippen molar-refractivity contribution in [3.63, 3.8) is 0 Å². The van der Waals surface area contributed by atoms with Gasteiger partial charge in [0, 0.05) is 23.5 Å². The summed E-state index contributed by atoms with van der Waals surface area (Å²) in [6, 6.07) is 5.76. The van der Waals surface area contributed by atoms with Gasteiger partial charge in [-0.25, -0.2) is 0 Å². The first kappa shape index (κ1) is 17.8. The van der Waals surface area contributed by atoms with Crippen molar-refractivity contribution in [3.8, 4) is 0 Å². The highest BCUT2D eigenvalue weighted by Gasteiger charge is 2.38. The summed E-state index contributed by atoms with van der Waals surface area (Å²) in [4.78, 5) is 22.9. The van der Waals surface area contributed by atoms with Gasteiger partial charge >= 0.3 is 0 Å². The summed E-state index contributed by atoms with van der Waals surface area (Å²) in [6.45, 7) is 4.37. The number of halogens is 1. The number of carbonyl (C=O) groups is 1. The van der Waals surface area contributed by atoms with E-state index in [2.05, 4.69) is 15.2 Å². The summed E-state index contributed by atoms with van der Waals surface area (Å²) in [5, 5.41) is 11.6. The first-order valence-corrected chi connectivity index (χ1v) is 10.6. The molecule has 0 N–H and O–H groups in total. The number of rotatable bonds is 2. The lowest BCUT2D eigenvalue weighted by Crippen LogP contribution is -2.29. The van der Waals surface area contributed by atoms with E-state index in [1.807, 2.05) is 44.0 Å². The van der Waals surface area contributed by atoms with E-state index in [4.69, 9.17) is 11.6 Å². The standard InChI is InChI=1S/C16H14ClN5OS3/c1-4-22-13(23)12(26-16(22)18-15-20-19-8(2)24-15)14-21(3)10-7-9(17)5-6-11(10)25-14/h5-7H,4H2,1-3H3. The Kier molecular flexibility index (Phi) is 4.72. The zero-order valence-corrected chi connectivity index (χ0v) is 17.4. The van der Waals surface area contributed by atoms with E-state index in [0.717, 1.165) is 20.6 Å². The molecule has 10 heteroatoms. The smallest absolute Gasteiger partial charge is 0.269 e. The first-order chi connectivity index (χ1) is 12.5. The molecule has 0 radical (unpaired) electrons. The van der Waals surface area contributed by atoms with Gasteiger partial charge in [0.05, 0.1) is 10.7 Å². The van der Waals surface area contributed by atoms with Gasteiger partial charge in [0.25, 0.3) is 5.91 Å². The molecule has 134 valence electrons. The molecule has 6 nitrogen and oxygen atoms in total. The average Bonchev–Trinajstić information content (AvgIpc) is 3.25. The van der Waals surface area contributed by atoms with Gasteiger partial charge in [0.2, 0.25) is 5.13 Å². The maximum absolute atomic E-state index is 13.0. The van der Waals surface area contributed by atoms with Gasteiger partial charge in [0.15, 0.2) is 5.17 Å². The number of nitrogens with zero attached hydrogens (tertiary/aromatic N) is 5. The van der Waals surface area contributed by atoms with Crippen LogP contribution in [0.3, 0.4) is 0 Å². The Bertz CT molecular complexity index is 971. The van der Waals surface area contributed by atoms with Crippen molar-refractivity contribution in [1.82, 2.24) is 15.1 Å². The van der Waals surface area contributed by atoms with Gasteiger partial charge in [-0.05, 0) is 43.8 Å². The van der Waals surface area contributed by atoms with Crippen molar-refractivity contribution in [2.24, 2.45) is 4.99 Å². The summed E-state index contributed by atoms with van der Waals surface area (Å²) < 4.78 is 0. The fourth-order valence-electron chi connectivity index (χ4n) is 2.63. The van der Waals surface area contributed by atoms with Gasteiger partial charge in [0.1, 0.15) is 9.91 Å². The van der Waals surface area contributed by atoms with Crippen LogP contribution in [0, 0.1) is 6.92 Å². The average molecular weight is 424 g/mol. The first-order valence-electron chi connectivity index (χ1n) is 7.82. The molecule has 0 aliphatic carbocycles. The molecular weight excluding hydrogens is 410 g/mol. The number of aliphatic imine (C=N–C) groups is 1. The number of fused-ring (bicyclic) bond motifs is 1. The largest absolute Gasteiger partial charge is 0.337 e. The zero-order valence-electron chi connectivity index (χ0n) is 14.2. The Balaban J connectivity index is 1.73. The summed E-state index contributed by atoms with van der Waals surface area (Å²) in [5.41, 5.74) is 1.01. The highest BCUT2D eigenvalue weighted by molar-refractivity contribution is 8.19. The second-order valence-corrected chi connectivity index (χ2v) is 9.16. The van der Waals surface area contributed by atoms with E-state index in [1.54, 1.807) is 16.7 Å². The predicted octanol–water partition coefficient (Wildman–Crippen LogP) is 4.49. The van der Waals surface area contributed by atoms with Crippen molar-refractivity contribution in [2.45, 2.75) is 18.7 Å². The topological polar surface area (TPSA) is 61.7 Å². The minimum atomic E-state index is -0.0364. The van der Waals surface area contributed by atoms with Crippen molar-refractivity contribution in [2.75, 3.05) is 18.5 Å². The fraction of sp³-hybridized carbons (Fsp3) is 0.250. The Morgan fingerprint density at radius 3 is 2.77 bits per heavy atom. The summed E-state index contributed by atoms with van der Waals surface area (Å²) >= 11 is 10.5. The SMILES string of the molecule is CCN1C(=O)C(=C2Sc3ccc(Cl)cc3N2C)SC1=Nc1nnc(C)s1. The lowest BCUT2D eigenvalue weighted by Gasteiger charge is -2.15. The van der Waals surface area contributed by atoms with E-state index in [9.17, 15) is 4.79 Å². The van der Waals surface area contributed by atoms with Crippen LogP contribution in [0.1, 0.15) is 11.9 Å². The van der Waals surface area contributed by atoms with Crippen LogP contribution in [-0.2, 0) is 4.79 Å². The maximum Gasteiger partial charge on any atom is 0.269 e. The van der Waals surface area contributed by atoms with E-state index < -0.39 is 0 Å². The molecule has 1 aromatic heterocycles. The van der Waals surface area contributed by atoms with Crippen molar-refractivity contribution >= 4 is 68.4 Å². The number of aromatic nitrogens is 2. The molecule has 0 bridgehead atoms. The Morgan fingerprint density at radius 2 is 2.08 bits per heavy atom. The Morgan fingerprint density at radius 1 is 1.27 bits per heavy atom. The molecule has 2 aromatic rings. The summed E-state index contributed by atoms with van der Waals surface area (Å²) in [6.07, 6.45) is 0. The third-order valence-corrected chi connectivity index (χ3v) is 7.27. The van der Waals surface area contributed by atoms with E-state index >= 15 is 0 Å². The van der Waals surface area contributed by atoms with Crippen LogP contribution in [0.25, 0.3) is 0 Å². The normalized spacial score (nSPS) is 21.2. The number of aryl methyl sites for hydroxylation is 1. The van der Waals surface area contributed by atoms with Crippen LogP contribution < -0.4 is 4.90 Å². The third kappa shape index (κ3) is 3.02. The molecule has 0 unspecified atom stereocenters. The van der Waals surface area contributed by atoms with Crippen LogP contribution in [0.2, 0.25) is 5.02 Å². The second kappa shape index (κ2) is 6.88. The van der Waals surface area contributed by atoms with Gasteiger partial charge < -0.3 is 4.90 Å². The number of hydrogen-bond acceptors (Lipinski definition) is 8. The Labute approximate surface area is 168 Å². The quantitative estimate of drug-likeness (QED) is 0.663. The van der Waals surface area contributed by atoms with E-state index in [-0.39, 0.29) is 5.91 Å². The van der Waals surface area contributed by atoms with E-state index in [1.165, 1.54) is 23.1 Å². The van der Waals surface area contributed by atoms with Crippen LogP contribution in [0.15, 0.2) is 38.0 Å². The highest BCUT2D eigenvalue weighted by Crippen LogP contribution is 2.50. The molecule has 1 amide bonds. The van der Waals surface area contributed by atoms with E-state index in [0.29, 0.717) is 26.8 Å². The van der Waals surface area contributed by atoms with Crippen molar-refractivity contribution in [3.05, 3.63) is 38.2 Å². The predicted molar refractivity (Wildman–Crippen MR) is 109 cm³/mol.